The normalized spacial score (nSPS) is 27.3. The van der Waals surface area contributed by atoms with E-state index in [0.29, 0.717) is 0 Å². The number of fused-ring (bicyclic) bond motifs is 8. The molecule has 0 amide bonds. The Morgan fingerprint density at radius 3 is 2.61 bits per heavy atom. The number of aryl methyl sites for hydroxylation is 1. The highest BCUT2D eigenvalue weighted by atomic mass is 15.2. The Bertz CT molecular complexity index is 1030. The van der Waals surface area contributed by atoms with Gasteiger partial charge in [-0.2, -0.15) is 4.57 Å². The van der Waals surface area contributed by atoms with Crippen LogP contribution in [0.2, 0.25) is 0 Å². The number of nitrogens with zero attached hydrogens (tertiary/aromatic N) is 1. The highest BCUT2D eigenvalue weighted by Crippen LogP contribution is 2.67. The van der Waals surface area contributed by atoms with Crippen LogP contribution in [-0.2, 0) is 11.0 Å². The molecule has 2 aliphatic rings. The van der Waals surface area contributed by atoms with Gasteiger partial charge in [-0.15, -0.1) is 0 Å². The predicted octanol–water partition coefficient (Wildman–Crippen LogP) is 4.66. The van der Waals surface area contributed by atoms with Gasteiger partial charge in [0.2, 0.25) is 11.2 Å². The number of allylic oxidation sites excluding steroid dienone is 1. The Balaban J connectivity index is 2.02. The molecule has 0 saturated heterocycles. The van der Waals surface area contributed by atoms with Gasteiger partial charge in [0.1, 0.15) is 0 Å². The van der Waals surface area contributed by atoms with Crippen LogP contribution in [0.4, 0.5) is 0 Å². The van der Waals surface area contributed by atoms with Crippen LogP contribution in [0.3, 0.4) is 0 Å². The maximum atomic E-state index is 4.43. The molecule has 1 fully saturated rings. The van der Waals surface area contributed by atoms with Crippen molar-refractivity contribution < 1.29 is 4.57 Å². The summed E-state index contributed by atoms with van der Waals surface area (Å²) in [7, 11) is 0. The van der Waals surface area contributed by atoms with Crippen molar-refractivity contribution in [3.63, 3.8) is 0 Å². The molecule has 2 aromatic carbocycles. The predicted molar refractivity (Wildman–Crippen MR) is 94.5 cm³/mol. The van der Waals surface area contributed by atoms with Crippen molar-refractivity contribution in [1.82, 2.24) is 0 Å². The van der Waals surface area contributed by atoms with Crippen LogP contribution in [-0.4, -0.2) is 0 Å². The summed E-state index contributed by atoms with van der Waals surface area (Å²) in [5.41, 5.74) is 6.76. The lowest BCUT2D eigenvalue weighted by Crippen LogP contribution is -2.52. The second kappa shape index (κ2) is 3.73. The standard InChI is InChI=1S/C22H20N/c1-14-9-10-19-18(13-14)20-17-8-6-5-7-16(17)11-12-23(20)22(4)15(2)21(19,22)3/h5-13H,2H2,1,3-4H3/q+1. The van der Waals surface area contributed by atoms with Gasteiger partial charge in [-0.3, -0.25) is 0 Å². The first-order valence-electron chi connectivity index (χ1n) is 8.25. The Labute approximate surface area is 136 Å². The van der Waals surface area contributed by atoms with E-state index in [9.17, 15) is 0 Å². The number of hydrogen-bond acceptors (Lipinski definition) is 0. The molecule has 1 aromatic heterocycles. The van der Waals surface area contributed by atoms with E-state index in [4.69, 9.17) is 0 Å². The molecule has 5 rings (SSSR count). The summed E-state index contributed by atoms with van der Waals surface area (Å²) in [5, 5.41) is 2.62. The van der Waals surface area contributed by atoms with Crippen LogP contribution >= 0.6 is 0 Å². The number of hydrogen-bond donors (Lipinski definition) is 0. The van der Waals surface area contributed by atoms with E-state index in [-0.39, 0.29) is 11.0 Å². The van der Waals surface area contributed by atoms with Gasteiger partial charge in [-0.05, 0) is 36.9 Å². The summed E-state index contributed by atoms with van der Waals surface area (Å²) in [6.07, 6.45) is 2.25. The van der Waals surface area contributed by atoms with Crippen molar-refractivity contribution in [3.05, 3.63) is 78.0 Å². The molecule has 0 bridgehead atoms. The van der Waals surface area contributed by atoms with Crippen molar-refractivity contribution in [1.29, 1.82) is 0 Å². The maximum absolute atomic E-state index is 4.43. The summed E-state index contributed by atoms with van der Waals surface area (Å²) < 4.78 is 2.46. The van der Waals surface area contributed by atoms with E-state index in [1.807, 2.05) is 0 Å². The van der Waals surface area contributed by atoms with Gasteiger partial charge in [0.25, 0.3) is 0 Å². The molecule has 2 atom stereocenters. The van der Waals surface area contributed by atoms with Crippen LogP contribution in [0, 0.1) is 6.92 Å². The van der Waals surface area contributed by atoms with Crippen LogP contribution in [0.25, 0.3) is 22.0 Å². The minimum absolute atomic E-state index is 0.0192. The number of aromatic nitrogens is 1. The zero-order chi connectivity index (χ0) is 16.0. The highest BCUT2D eigenvalue weighted by Gasteiger charge is 2.77. The smallest absolute Gasteiger partial charge is 0.187 e. The average Bonchev–Trinajstić information content (AvgIpc) is 3.02. The minimum atomic E-state index is -0.0192. The zero-order valence-electron chi connectivity index (χ0n) is 13.9. The molecule has 23 heavy (non-hydrogen) atoms. The molecule has 1 heteroatoms. The summed E-state index contributed by atoms with van der Waals surface area (Å²) in [6.45, 7) is 11.3. The molecule has 1 nitrogen and oxygen atoms in total. The third kappa shape index (κ3) is 1.25. The van der Waals surface area contributed by atoms with Gasteiger partial charge < -0.3 is 0 Å². The molecule has 3 aromatic rings. The fourth-order valence-electron chi connectivity index (χ4n) is 4.73. The lowest BCUT2D eigenvalue weighted by Gasteiger charge is -2.25. The van der Waals surface area contributed by atoms with E-state index in [2.05, 4.69) is 86.6 Å². The largest absolute Gasteiger partial charge is 0.221 e. The van der Waals surface area contributed by atoms with Crippen LogP contribution in [0.1, 0.15) is 25.0 Å². The van der Waals surface area contributed by atoms with Crippen molar-refractivity contribution >= 4 is 10.8 Å². The molecule has 1 aliphatic carbocycles. The SMILES string of the molecule is C=C1C2(C)c3ccc(C)cc3-c3c4ccccc4cc[n+]3C12C. The van der Waals surface area contributed by atoms with Gasteiger partial charge in [0, 0.05) is 18.6 Å². The molecule has 2 unspecified atom stereocenters. The lowest BCUT2D eigenvalue weighted by molar-refractivity contribution is -0.726. The number of benzene rings is 2. The first-order chi connectivity index (χ1) is 11.0. The molecule has 112 valence electrons. The van der Waals surface area contributed by atoms with E-state index in [1.54, 1.807) is 0 Å². The first kappa shape index (κ1) is 13.1. The topological polar surface area (TPSA) is 3.88 Å². The van der Waals surface area contributed by atoms with E-state index in [1.165, 1.54) is 38.7 Å². The zero-order valence-corrected chi connectivity index (χ0v) is 13.9. The highest BCUT2D eigenvalue weighted by molar-refractivity contribution is 5.95. The molecular formula is C22H20N+. The number of rotatable bonds is 0. The minimum Gasteiger partial charge on any atom is -0.187 e. The third-order valence-electron chi connectivity index (χ3n) is 6.41. The quantitative estimate of drug-likeness (QED) is 0.420. The monoisotopic (exact) mass is 298 g/mol. The molecular weight excluding hydrogens is 278 g/mol. The summed E-state index contributed by atoms with van der Waals surface area (Å²) in [6, 6.07) is 17.8. The van der Waals surface area contributed by atoms with Crippen molar-refractivity contribution in [2.45, 2.75) is 31.7 Å². The summed E-state index contributed by atoms with van der Waals surface area (Å²) >= 11 is 0. The fourth-order valence-corrected chi connectivity index (χ4v) is 4.73. The van der Waals surface area contributed by atoms with Crippen LogP contribution in [0.15, 0.2) is 66.9 Å². The average molecular weight is 298 g/mol. The number of pyridine rings is 1. The van der Waals surface area contributed by atoms with Gasteiger partial charge in [-0.25, -0.2) is 0 Å². The molecule has 1 saturated carbocycles. The van der Waals surface area contributed by atoms with E-state index < -0.39 is 0 Å². The molecule has 2 heterocycles. The van der Waals surface area contributed by atoms with Gasteiger partial charge >= 0.3 is 0 Å². The Hall–Kier alpha value is -2.41. The van der Waals surface area contributed by atoms with E-state index in [0.717, 1.165) is 0 Å². The van der Waals surface area contributed by atoms with Crippen molar-refractivity contribution in [3.8, 4) is 11.3 Å². The molecule has 1 aliphatic heterocycles. The summed E-state index contributed by atoms with van der Waals surface area (Å²) in [5.74, 6) is 0. The molecule has 0 radical (unpaired) electrons. The van der Waals surface area contributed by atoms with Crippen LogP contribution < -0.4 is 4.57 Å². The maximum Gasteiger partial charge on any atom is 0.221 e. The van der Waals surface area contributed by atoms with E-state index >= 15 is 0 Å². The fraction of sp³-hybridized carbons (Fsp3) is 0.227. The van der Waals surface area contributed by atoms with Crippen molar-refractivity contribution in [2.75, 3.05) is 0 Å². The second-order valence-electron chi connectivity index (χ2n) is 7.35. The molecule has 0 N–H and O–H groups in total. The van der Waals surface area contributed by atoms with Gasteiger partial charge in [0.05, 0.1) is 16.4 Å². The second-order valence-corrected chi connectivity index (χ2v) is 7.35. The third-order valence-corrected chi connectivity index (χ3v) is 6.41. The van der Waals surface area contributed by atoms with Gasteiger partial charge in [0.15, 0.2) is 6.20 Å². The Morgan fingerprint density at radius 1 is 1.00 bits per heavy atom. The summed E-state index contributed by atoms with van der Waals surface area (Å²) in [4.78, 5) is 0. The molecule has 0 spiro atoms. The first-order valence-corrected chi connectivity index (χ1v) is 8.25. The van der Waals surface area contributed by atoms with Crippen molar-refractivity contribution in [2.24, 2.45) is 0 Å². The lowest BCUT2D eigenvalue weighted by atomic mass is 9.82. The Kier molecular flexibility index (Phi) is 2.12. The Morgan fingerprint density at radius 2 is 1.78 bits per heavy atom. The van der Waals surface area contributed by atoms with Crippen LogP contribution in [0.5, 0.6) is 0 Å². The van der Waals surface area contributed by atoms with Gasteiger partial charge in [-0.1, -0.05) is 42.5 Å².